The van der Waals surface area contributed by atoms with Crippen LogP contribution in [-0.2, 0) is 4.79 Å². The van der Waals surface area contributed by atoms with E-state index in [9.17, 15) is 4.79 Å². The third-order valence-electron chi connectivity index (χ3n) is 2.89. The van der Waals surface area contributed by atoms with Crippen molar-refractivity contribution in [3.63, 3.8) is 0 Å². The van der Waals surface area contributed by atoms with Crippen molar-refractivity contribution < 1.29 is 4.79 Å². The Morgan fingerprint density at radius 1 is 1.19 bits per heavy atom. The van der Waals surface area contributed by atoms with Crippen molar-refractivity contribution in [2.24, 2.45) is 11.3 Å². The van der Waals surface area contributed by atoms with E-state index in [-0.39, 0.29) is 17.1 Å². The zero-order chi connectivity index (χ0) is 12.3. The summed E-state index contributed by atoms with van der Waals surface area (Å²) in [7, 11) is 0. The molecule has 0 amide bonds. The fraction of sp³-hybridized carbons (Fsp3) is 0.500. The summed E-state index contributed by atoms with van der Waals surface area (Å²) in [6.45, 7) is 7.66. The smallest absolute Gasteiger partial charge is 0.142 e. The van der Waals surface area contributed by atoms with Gasteiger partial charge in [-0.25, -0.2) is 0 Å². The number of carbonyl (C=O) groups excluding carboxylic acids is 1. The first-order valence-electron chi connectivity index (χ1n) is 5.60. The Hall–Kier alpha value is -0.820. The van der Waals surface area contributed by atoms with Crippen molar-refractivity contribution in [1.82, 2.24) is 0 Å². The maximum Gasteiger partial charge on any atom is 0.142 e. The molecule has 2 heteroatoms. The largest absolute Gasteiger partial charge is 0.299 e. The fourth-order valence-electron chi connectivity index (χ4n) is 1.91. The second kappa shape index (κ2) is 5.01. The van der Waals surface area contributed by atoms with Gasteiger partial charge in [-0.15, -0.1) is 11.6 Å². The fourth-order valence-corrected chi connectivity index (χ4v) is 2.16. The molecule has 16 heavy (non-hydrogen) atoms. The minimum Gasteiger partial charge on any atom is -0.299 e. The van der Waals surface area contributed by atoms with E-state index in [4.69, 9.17) is 11.6 Å². The number of alkyl halides is 1. The van der Waals surface area contributed by atoms with Gasteiger partial charge in [0.1, 0.15) is 5.78 Å². The Morgan fingerprint density at radius 2 is 1.69 bits per heavy atom. The first kappa shape index (κ1) is 13.2. The summed E-state index contributed by atoms with van der Waals surface area (Å²) in [6.07, 6.45) is 0. The molecule has 0 N–H and O–H groups in total. The molecular formula is C14H19ClO. The quantitative estimate of drug-likeness (QED) is 0.718. The molecule has 0 heterocycles. The Balaban J connectivity index is 2.97. The van der Waals surface area contributed by atoms with Gasteiger partial charge in [0, 0.05) is 11.3 Å². The maximum atomic E-state index is 12.1. The summed E-state index contributed by atoms with van der Waals surface area (Å²) in [6, 6.07) is 9.77. The lowest BCUT2D eigenvalue weighted by Crippen LogP contribution is -2.32. The lowest BCUT2D eigenvalue weighted by Gasteiger charge is -2.30. The zero-order valence-corrected chi connectivity index (χ0v) is 11.1. The monoisotopic (exact) mass is 238 g/mol. The van der Waals surface area contributed by atoms with Gasteiger partial charge in [-0.3, -0.25) is 4.79 Å². The zero-order valence-electron chi connectivity index (χ0n) is 10.3. The number of hydrogen-bond acceptors (Lipinski definition) is 1. The highest BCUT2D eigenvalue weighted by Gasteiger charge is 2.37. The van der Waals surface area contributed by atoms with Crippen LogP contribution in [0.3, 0.4) is 0 Å². The van der Waals surface area contributed by atoms with Gasteiger partial charge in [-0.1, -0.05) is 58.0 Å². The van der Waals surface area contributed by atoms with E-state index in [1.165, 1.54) is 0 Å². The predicted octanol–water partition coefficient (Wildman–Crippen LogP) is 4.22. The lowest BCUT2D eigenvalue weighted by atomic mass is 9.77. The number of rotatable bonds is 4. The molecule has 0 aromatic heterocycles. The molecule has 1 atom stereocenters. The lowest BCUT2D eigenvalue weighted by molar-refractivity contribution is -0.130. The van der Waals surface area contributed by atoms with E-state index in [0.29, 0.717) is 0 Å². The van der Waals surface area contributed by atoms with Crippen molar-refractivity contribution in [3.8, 4) is 0 Å². The number of Topliss-reactive ketones (excluding diaryl/α,β-unsaturated/α-hetero) is 1. The van der Waals surface area contributed by atoms with Crippen LogP contribution in [0, 0.1) is 11.3 Å². The van der Waals surface area contributed by atoms with Crippen molar-refractivity contribution in [2.45, 2.75) is 33.1 Å². The van der Waals surface area contributed by atoms with Gasteiger partial charge in [-0.2, -0.15) is 0 Å². The Bertz CT molecular complexity index is 354. The van der Waals surface area contributed by atoms with Crippen LogP contribution in [0.1, 0.15) is 38.6 Å². The van der Waals surface area contributed by atoms with Crippen LogP contribution in [0.2, 0.25) is 0 Å². The highest BCUT2D eigenvalue weighted by molar-refractivity contribution is 6.23. The molecule has 0 spiro atoms. The van der Waals surface area contributed by atoms with Crippen LogP contribution in [0.5, 0.6) is 0 Å². The van der Waals surface area contributed by atoms with Gasteiger partial charge in [0.15, 0.2) is 0 Å². The van der Waals surface area contributed by atoms with Gasteiger partial charge >= 0.3 is 0 Å². The highest BCUT2D eigenvalue weighted by Crippen LogP contribution is 2.41. The van der Waals surface area contributed by atoms with Gasteiger partial charge in [-0.05, 0) is 5.56 Å². The SMILES string of the molecule is CC(C)C(=O)C(C)(C)C(Cl)c1ccccc1. The number of hydrogen-bond donors (Lipinski definition) is 0. The Morgan fingerprint density at radius 3 is 2.12 bits per heavy atom. The van der Waals surface area contributed by atoms with Gasteiger partial charge in [0.2, 0.25) is 0 Å². The Labute approximate surface area is 103 Å². The van der Waals surface area contributed by atoms with Crippen LogP contribution in [0.25, 0.3) is 0 Å². The molecule has 1 aromatic rings. The number of carbonyl (C=O) groups is 1. The van der Waals surface area contributed by atoms with E-state index in [2.05, 4.69) is 0 Å². The van der Waals surface area contributed by atoms with E-state index >= 15 is 0 Å². The molecule has 0 saturated carbocycles. The topological polar surface area (TPSA) is 17.1 Å². The van der Waals surface area contributed by atoms with Crippen LogP contribution in [0.4, 0.5) is 0 Å². The minimum atomic E-state index is -0.531. The molecular weight excluding hydrogens is 220 g/mol. The van der Waals surface area contributed by atoms with Crippen LogP contribution < -0.4 is 0 Å². The summed E-state index contributed by atoms with van der Waals surface area (Å²) in [5, 5.41) is -0.274. The van der Waals surface area contributed by atoms with Crippen LogP contribution in [-0.4, -0.2) is 5.78 Å². The van der Waals surface area contributed by atoms with Crippen molar-refractivity contribution in [2.75, 3.05) is 0 Å². The molecule has 0 aliphatic rings. The third-order valence-corrected chi connectivity index (χ3v) is 3.68. The van der Waals surface area contributed by atoms with E-state index < -0.39 is 5.41 Å². The van der Waals surface area contributed by atoms with Crippen LogP contribution in [0.15, 0.2) is 30.3 Å². The summed E-state index contributed by atoms with van der Waals surface area (Å²) >= 11 is 6.42. The molecule has 88 valence electrons. The maximum absolute atomic E-state index is 12.1. The summed E-state index contributed by atoms with van der Waals surface area (Å²) < 4.78 is 0. The first-order valence-corrected chi connectivity index (χ1v) is 6.04. The molecule has 0 bridgehead atoms. The van der Waals surface area contributed by atoms with Crippen molar-refractivity contribution in [1.29, 1.82) is 0 Å². The van der Waals surface area contributed by atoms with Crippen LogP contribution >= 0.6 is 11.6 Å². The molecule has 0 fully saturated rings. The molecule has 0 aliphatic heterocycles. The number of ketones is 1. The second-order valence-electron chi connectivity index (χ2n) is 5.01. The first-order chi connectivity index (χ1) is 7.37. The standard InChI is InChI=1S/C14H19ClO/c1-10(2)13(16)14(3,4)12(15)11-8-6-5-7-9-11/h5-10,12H,1-4H3. The highest BCUT2D eigenvalue weighted by atomic mass is 35.5. The van der Waals surface area contributed by atoms with Crippen molar-refractivity contribution in [3.05, 3.63) is 35.9 Å². The summed E-state index contributed by atoms with van der Waals surface area (Å²) in [5.74, 6) is 0.219. The van der Waals surface area contributed by atoms with Gasteiger partial charge in [0.05, 0.1) is 5.38 Å². The second-order valence-corrected chi connectivity index (χ2v) is 5.45. The molecule has 1 aromatic carbocycles. The molecule has 0 radical (unpaired) electrons. The van der Waals surface area contributed by atoms with E-state index in [1.54, 1.807) is 0 Å². The van der Waals surface area contributed by atoms with Crippen molar-refractivity contribution >= 4 is 17.4 Å². The Kier molecular flexibility index (Phi) is 4.15. The molecule has 1 rings (SSSR count). The molecule has 1 nitrogen and oxygen atoms in total. The average Bonchev–Trinajstić information content (AvgIpc) is 2.28. The average molecular weight is 239 g/mol. The summed E-state index contributed by atoms with van der Waals surface area (Å²) in [4.78, 5) is 12.1. The third kappa shape index (κ3) is 2.65. The minimum absolute atomic E-state index is 0.0139. The molecule has 0 aliphatic carbocycles. The number of halogens is 1. The van der Waals surface area contributed by atoms with Gasteiger partial charge in [0.25, 0.3) is 0 Å². The van der Waals surface area contributed by atoms with E-state index in [0.717, 1.165) is 5.56 Å². The predicted molar refractivity (Wildman–Crippen MR) is 68.7 cm³/mol. The summed E-state index contributed by atoms with van der Waals surface area (Å²) in [5.41, 5.74) is 0.472. The molecule has 0 saturated heterocycles. The van der Waals surface area contributed by atoms with Gasteiger partial charge < -0.3 is 0 Å². The molecule has 1 unspecified atom stereocenters. The van der Waals surface area contributed by atoms with E-state index in [1.807, 2.05) is 58.0 Å². The number of benzene rings is 1. The normalized spacial score (nSPS) is 13.9.